The molecule has 0 fully saturated rings. The molecule has 4 heteroatoms. The minimum absolute atomic E-state index is 0.0462. The number of carbonyl (C=O) groups is 2. The summed E-state index contributed by atoms with van der Waals surface area (Å²) >= 11 is 0. The van der Waals surface area contributed by atoms with Crippen molar-refractivity contribution in [3.8, 4) is 0 Å². The van der Waals surface area contributed by atoms with E-state index in [4.69, 9.17) is 0 Å². The van der Waals surface area contributed by atoms with Crippen molar-refractivity contribution in [1.82, 2.24) is 10.2 Å². The van der Waals surface area contributed by atoms with E-state index in [1.807, 2.05) is 0 Å². The molecule has 12 heavy (non-hydrogen) atoms. The summed E-state index contributed by atoms with van der Waals surface area (Å²) in [6, 6.07) is 0. The van der Waals surface area contributed by atoms with Gasteiger partial charge in [-0.15, -0.1) is 0 Å². The van der Waals surface area contributed by atoms with Crippen LogP contribution in [0.15, 0.2) is 25.1 Å². The quantitative estimate of drug-likeness (QED) is 0.613. The molecule has 0 heterocycles. The second kappa shape index (κ2) is 4.33. The van der Waals surface area contributed by atoms with Crippen molar-refractivity contribution in [3.63, 3.8) is 0 Å². The molecule has 0 aromatic rings. The van der Waals surface area contributed by atoms with E-state index >= 15 is 0 Å². The Labute approximate surface area is 71.5 Å². The van der Waals surface area contributed by atoms with E-state index in [1.54, 1.807) is 0 Å². The molecule has 0 rings (SSSR count). The second-order valence-corrected chi connectivity index (χ2v) is 2.26. The number of amides is 2. The Bertz CT molecular complexity index is 233. The normalized spacial score (nSPS) is 8.50. The SMILES string of the molecule is C=CN(C)C(=O)C(=C)NC(C)=O. The van der Waals surface area contributed by atoms with Crippen LogP contribution in [-0.2, 0) is 9.59 Å². The van der Waals surface area contributed by atoms with E-state index in [-0.39, 0.29) is 17.5 Å². The number of nitrogens with one attached hydrogen (secondary N) is 1. The Hall–Kier alpha value is -1.58. The Morgan fingerprint density at radius 3 is 2.33 bits per heavy atom. The van der Waals surface area contributed by atoms with Crippen LogP contribution in [0, 0.1) is 0 Å². The fraction of sp³-hybridized carbons (Fsp3) is 0.250. The molecule has 0 unspecified atom stereocenters. The van der Waals surface area contributed by atoms with Crippen molar-refractivity contribution in [2.75, 3.05) is 7.05 Å². The van der Waals surface area contributed by atoms with Gasteiger partial charge in [0, 0.05) is 14.0 Å². The molecular formula is C8H12N2O2. The highest BCUT2D eigenvalue weighted by molar-refractivity contribution is 5.96. The zero-order valence-corrected chi connectivity index (χ0v) is 7.26. The average molecular weight is 168 g/mol. The van der Waals surface area contributed by atoms with Crippen LogP contribution in [-0.4, -0.2) is 23.8 Å². The maximum Gasteiger partial charge on any atom is 0.273 e. The molecule has 0 aliphatic heterocycles. The lowest BCUT2D eigenvalue weighted by Crippen LogP contribution is -2.31. The van der Waals surface area contributed by atoms with E-state index in [1.165, 1.54) is 25.1 Å². The first-order chi connectivity index (χ1) is 5.49. The van der Waals surface area contributed by atoms with Gasteiger partial charge in [0.2, 0.25) is 5.91 Å². The summed E-state index contributed by atoms with van der Waals surface area (Å²) < 4.78 is 0. The molecule has 0 aromatic heterocycles. The predicted octanol–water partition coefficient (Wildman–Crippen LogP) is 0.238. The lowest BCUT2D eigenvalue weighted by Gasteiger charge is -2.12. The third-order valence-corrected chi connectivity index (χ3v) is 1.18. The average Bonchev–Trinajstić information content (AvgIpc) is 2.00. The van der Waals surface area contributed by atoms with Gasteiger partial charge < -0.3 is 10.2 Å². The number of carbonyl (C=O) groups excluding carboxylic acids is 2. The lowest BCUT2D eigenvalue weighted by molar-refractivity contribution is -0.126. The summed E-state index contributed by atoms with van der Waals surface area (Å²) in [6.07, 6.45) is 1.34. The highest BCUT2D eigenvalue weighted by Crippen LogP contribution is 1.93. The first kappa shape index (κ1) is 10.4. The van der Waals surface area contributed by atoms with Crippen molar-refractivity contribution in [1.29, 1.82) is 0 Å². The fourth-order valence-corrected chi connectivity index (χ4v) is 0.562. The number of hydrogen-bond donors (Lipinski definition) is 1. The molecule has 0 saturated carbocycles. The van der Waals surface area contributed by atoms with Gasteiger partial charge in [0.05, 0.1) is 5.70 Å². The fourth-order valence-electron chi connectivity index (χ4n) is 0.562. The first-order valence-electron chi connectivity index (χ1n) is 3.35. The Balaban J connectivity index is 4.20. The highest BCUT2D eigenvalue weighted by atomic mass is 16.2. The molecule has 0 aliphatic rings. The van der Waals surface area contributed by atoms with Gasteiger partial charge in [0.25, 0.3) is 5.91 Å². The van der Waals surface area contributed by atoms with Gasteiger partial charge in [-0.2, -0.15) is 0 Å². The van der Waals surface area contributed by atoms with E-state index in [0.29, 0.717) is 0 Å². The van der Waals surface area contributed by atoms with Crippen molar-refractivity contribution >= 4 is 11.8 Å². The summed E-state index contributed by atoms with van der Waals surface area (Å²) in [7, 11) is 1.53. The second-order valence-electron chi connectivity index (χ2n) is 2.26. The summed E-state index contributed by atoms with van der Waals surface area (Å²) in [4.78, 5) is 22.9. The third-order valence-electron chi connectivity index (χ3n) is 1.18. The molecule has 0 aliphatic carbocycles. The predicted molar refractivity (Wildman–Crippen MR) is 45.9 cm³/mol. The van der Waals surface area contributed by atoms with Crippen LogP contribution in [0.5, 0.6) is 0 Å². The summed E-state index contributed by atoms with van der Waals surface area (Å²) in [6.45, 7) is 8.10. The van der Waals surface area contributed by atoms with Gasteiger partial charge >= 0.3 is 0 Å². The maximum absolute atomic E-state index is 11.1. The largest absolute Gasteiger partial charge is 0.322 e. The minimum atomic E-state index is -0.375. The van der Waals surface area contributed by atoms with Crippen molar-refractivity contribution in [2.45, 2.75) is 6.92 Å². The Kier molecular flexibility index (Phi) is 3.76. The molecule has 0 atom stereocenters. The van der Waals surface area contributed by atoms with E-state index < -0.39 is 0 Å². The zero-order valence-electron chi connectivity index (χ0n) is 7.26. The van der Waals surface area contributed by atoms with Crippen LogP contribution in [0.1, 0.15) is 6.92 Å². The van der Waals surface area contributed by atoms with Gasteiger partial charge in [-0.05, 0) is 6.20 Å². The molecular weight excluding hydrogens is 156 g/mol. The lowest BCUT2D eigenvalue weighted by atomic mass is 10.4. The molecule has 0 spiro atoms. The van der Waals surface area contributed by atoms with E-state index in [9.17, 15) is 9.59 Å². The molecule has 0 radical (unpaired) electrons. The van der Waals surface area contributed by atoms with Crippen molar-refractivity contribution in [2.24, 2.45) is 0 Å². The van der Waals surface area contributed by atoms with Crippen LogP contribution in [0.2, 0.25) is 0 Å². The summed E-state index contributed by atoms with van der Waals surface area (Å²) in [5, 5.41) is 2.29. The first-order valence-corrected chi connectivity index (χ1v) is 3.35. The van der Waals surface area contributed by atoms with E-state index in [2.05, 4.69) is 18.5 Å². The van der Waals surface area contributed by atoms with E-state index in [0.717, 1.165) is 0 Å². The smallest absolute Gasteiger partial charge is 0.273 e. The van der Waals surface area contributed by atoms with Gasteiger partial charge in [-0.25, -0.2) is 0 Å². The number of hydrogen-bond acceptors (Lipinski definition) is 2. The van der Waals surface area contributed by atoms with Crippen molar-refractivity contribution < 1.29 is 9.59 Å². The van der Waals surface area contributed by atoms with Crippen LogP contribution in [0.3, 0.4) is 0 Å². The summed E-state index contributed by atoms with van der Waals surface area (Å²) in [5.74, 6) is -0.689. The van der Waals surface area contributed by atoms with Crippen LogP contribution >= 0.6 is 0 Å². The molecule has 0 bridgehead atoms. The monoisotopic (exact) mass is 168 g/mol. The van der Waals surface area contributed by atoms with Gasteiger partial charge in [0.1, 0.15) is 0 Å². The summed E-state index contributed by atoms with van der Waals surface area (Å²) in [5.41, 5.74) is 0.0462. The van der Waals surface area contributed by atoms with Gasteiger partial charge in [-0.3, -0.25) is 9.59 Å². The topological polar surface area (TPSA) is 49.4 Å². The van der Waals surface area contributed by atoms with Gasteiger partial charge in [0.15, 0.2) is 0 Å². The number of likely N-dealkylation sites (N-methyl/N-ethyl adjacent to an activating group) is 1. The Morgan fingerprint density at radius 1 is 1.50 bits per heavy atom. The van der Waals surface area contributed by atoms with Gasteiger partial charge in [-0.1, -0.05) is 13.2 Å². The highest BCUT2D eigenvalue weighted by Gasteiger charge is 2.10. The molecule has 0 aromatic carbocycles. The van der Waals surface area contributed by atoms with Crippen LogP contribution in [0.25, 0.3) is 0 Å². The molecule has 0 saturated heterocycles. The molecule has 4 nitrogen and oxygen atoms in total. The van der Waals surface area contributed by atoms with Crippen LogP contribution < -0.4 is 5.32 Å². The minimum Gasteiger partial charge on any atom is -0.322 e. The van der Waals surface area contributed by atoms with Crippen LogP contribution in [0.4, 0.5) is 0 Å². The molecule has 66 valence electrons. The molecule has 1 N–H and O–H groups in total. The maximum atomic E-state index is 11.1. The molecule has 2 amide bonds. The third kappa shape index (κ3) is 3.01. The van der Waals surface area contributed by atoms with Crippen molar-refractivity contribution in [3.05, 3.63) is 25.1 Å². The zero-order chi connectivity index (χ0) is 9.72. The standard InChI is InChI=1S/C8H12N2O2/c1-5-10(4)8(12)6(2)9-7(3)11/h5H,1-2H2,3-4H3,(H,9,11). The Morgan fingerprint density at radius 2 is 2.00 bits per heavy atom. The number of nitrogens with zero attached hydrogens (tertiary/aromatic N) is 1. The number of rotatable bonds is 3.